The number of aliphatic hydroxyl groups excluding tert-OH is 2. The van der Waals surface area contributed by atoms with Crippen molar-refractivity contribution in [2.45, 2.75) is 66.2 Å². The molecule has 1 heterocycles. The van der Waals surface area contributed by atoms with Crippen LogP contribution in [0.5, 0.6) is 0 Å². The first kappa shape index (κ1) is 24.1. The average molecular weight is 320 g/mol. The maximum absolute atomic E-state index is 8.75. The Balaban J connectivity index is 0. The minimum absolute atomic E-state index is 0.279. The van der Waals surface area contributed by atoms with Crippen molar-refractivity contribution in [3.05, 3.63) is 0 Å². The van der Waals surface area contributed by atoms with Crippen LogP contribution in [0.2, 0.25) is 0 Å². The molecule has 1 atom stereocenters. The van der Waals surface area contributed by atoms with E-state index < -0.39 is 0 Å². The standard InChI is InChI=1S/C8H18O.C6H15NO.C4H8O/c1-3-5-6-8(4-2)7-9;1-3-7(4-2)5-6-8;1-2-4-5-3-1/h8-9H,3-7H2,1-2H3;8H,3-6H2,1-2H3;1-4H2. The van der Waals surface area contributed by atoms with Crippen molar-refractivity contribution >= 4 is 0 Å². The number of likely N-dealkylation sites (N-methyl/N-ethyl adjacent to an activating group) is 1. The van der Waals surface area contributed by atoms with Gasteiger partial charge in [-0.2, -0.15) is 0 Å². The lowest BCUT2D eigenvalue weighted by molar-refractivity contribution is 0.198. The zero-order valence-corrected chi connectivity index (χ0v) is 15.5. The van der Waals surface area contributed by atoms with Gasteiger partial charge in [0, 0.05) is 26.4 Å². The summed E-state index contributed by atoms with van der Waals surface area (Å²) in [4.78, 5) is 2.18. The Morgan fingerprint density at radius 1 is 1.00 bits per heavy atom. The molecule has 1 rings (SSSR count). The van der Waals surface area contributed by atoms with E-state index in [1.165, 1.54) is 32.1 Å². The van der Waals surface area contributed by atoms with E-state index in [0.29, 0.717) is 12.5 Å². The Bertz CT molecular complexity index is 172. The quantitative estimate of drug-likeness (QED) is 0.684. The second kappa shape index (κ2) is 20.8. The van der Waals surface area contributed by atoms with Crippen LogP contribution in [0.3, 0.4) is 0 Å². The van der Waals surface area contributed by atoms with E-state index in [4.69, 9.17) is 14.9 Å². The van der Waals surface area contributed by atoms with Crippen molar-refractivity contribution in [3.8, 4) is 0 Å². The summed E-state index contributed by atoms with van der Waals surface area (Å²) in [5.41, 5.74) is 0. The molecule has 0 aromatic heterocycles. The van der Waals surface area contributed by atoms with E-state index in [-0.39, 0.29) is 6.61 Å². The van der Waals surface area contributed by atoms with Crippen molar-refractivity contribution in [1.29, 1.82) is 0 Å². The molecule has 1 aliphatic rings. The molecule has 0 amide bonds. The van der Waals surface area contributed by atoms with Crippen LogP contribution in [0.25, 0.3) is 0 Å². The smallest absolute Gasteiger partial charge is 0.0558 e. The fourth-order valence-corrected chi connectivity index (χ4v) is 2.11. The number of hydrogen-bond acceptors (Lipinski definition) is 4. The van der Waals surface area contributed by atoms with Gasteiger partial charge in [-0.1, -0.05) is 47.0 Å². The van der Waals surface area contributed by atoms with Crippen molar-refractivity contribution in [3.63, 3.8) is 0 Å². The Labute approximate surface area is 138 Å². The number of nitrogens with zero attached hydrogens (tertiary/aromatic N) is 1. The molecule has 0 radical (unpaired) electrons. The molecule has 4 nitrogen and oxygen atoms in total. The first-order valence-corrected chi connectivity index (χ1v) is 9.21. The monoisotopic (exact) mass is 319 g/mol. The van der Waals surface area contributed by atoms with Gasteiger partial charge in [0.1, 0.15) is 0 Å². The zero-order valence-electron chi connectivity index (χ0n) is 15.5. The van der Waals surface area contributed by atoms with Crippen LogP contribution in [0.1, 0.15) is 66.2 Å². The lowest BCUT2D eigenvalue weighted by Crippen LogP contribution is -2.25. The molecule has 1 fully saturated rings. The maximum Gasteiger partial charge on any atom is 0.0558 e. The van der Waals surface area contributed by atoms with Gasteiger partial charge in [0.2, 0.25) is 0 Å². The highest BCUT2D eigenvalue weighted by molar-refractivity contribution is 4.53. The van der Waals surface area contributed by atoms with E-state index in [2.05, 4.69) is 32.6 Å². The number of aliphatic hydroxyl groups is 2. The Hall–Kier alpha value is -0.160. The fourth-order valence-electron chi connectivity index (χ4n) is 2.11. The zero-order chi connectivity index (χ0) is 17.1. The Kier molecular flexibility index (Phi) is 22.8. The summed E-state index contributed by atoms with van der Waals surface area (Å²) < 4.78 is 4.94. The van der Waals surface area contributed by atoms with E-state index in [9.17, 15) is 0 Å². The topological polar surface area (TPSA) is 52.9 Å². The van der Waals surface area contributed by atoms with Crippen LogP contribution < -0.4 is 0 Å². The summed E-state index contributed by atoms with van der Waals surface area (Å²) in [5, 5.41) is 17.2. The molecule has 22 heavy (non-hydrogen) atoms. The molecule has 1 saturated heterocycles. The molecule has 4 heteroatoms. The van der Waals surface area contributed by atoms with Gasteiger partial charge in [0.15, 0.2) is 0 Å². The Morgan fingerprint density at radius 3 is 1.82 bits per heavy atom. The highest BCUT2D eigenvalue weighted by Crippen LogP contribution is 2.10. The van der Waals surface area contributed by atoms with Gasteiger partial charge in [-0.3, -0.25) is 0 Å². The average Bonchev–Trinajstić information content (AvgIpc) is 3.14. The Morgan fingerprint density at radius 2 is 1.59 bits per heavy atom. The van der Waals surface area contributed by atoms with Gasteiger partial charge in [-0.15, -0.1) is 0 Å². The summed E-state index contributed by atoms with van der Waals surface area (Å²) >= 11 is 0. The van der Waals surface area contributed by atoms with Crippen molar-refractivity contribution in [2.75, 3.05) is 46.1 Å². The number of unbranched alkanes of at least 4 members (excludes halogenated alkanes) is 1. The number of hydrogen-bond donors (Lipinski definition) is 2. The molecule has 1 unspecified atom stereocenters. The molecule has 0 bridgehead atoms. The first-order valence-electron chi connectivity index (χ1n) is 9.21. The lowest BCUT2D eigenvalue weighted by atomic mass is 10.0. The maximum atomic E-state index is 8.75. The SMILES string of the molecule is C1CCOC1.CCCCC(CC)CO.CCN(CC)CCO. The number of rotatable bonds is 9. The van der Waals surface area contributed by atoms with Crippen LogP contribution in [0.15, 0.2) is 0 Å². The predicted octanol–water partition coefficient (Wildman–Crippen LogP) is 3.31. The summed E-state index contributed by atoms with van der Waals surface area (Å²) in [7, 11) is 0. The molecule has 0 aliphatic carbocycles. The lowest BCUT2D eigenvalue weighted by Gasteiger charge is -2.15. The van der Waals surface area contributed by atoms with Crippen molar-refractivity contribution < 1.29 is 14.9 Å². The number of ether oxygens (including phenoxy) is 1. The third-order valence-corrected chi connectivity index (χ3v) is 3.94. The van der Waals surface area contributed by atoms with E-state index in [1.807, 2.05) is 0 Å². The second-order valence-corrected chi connectivity index (χ2v) is 5.67. The van der Waals surface area contributed by atoms with Gasteiger partial charge >= 0.3 is 0 Å². The van der Waals surface area contributed by atoms with Gasteiger partial charge < -0.3 is 19.8 Å². The molecule has 0 spiro atoms. The van der Waals surface area contributed by atoms with E-state index in [0.717, 1.165) is 39.3 Å². The van der Waals surface area contributed by atoms with Crippen molar-refractivity contribution in [2.24, 2.45) is 5.92 Å². The normalized spacial score (nSPS) is 14.9. The van der Waals surface area contributed by atoms with Crippen LogP contribution in [0, 0.1) is 5.92 Å². The summed E-state index contributed by atoms with van der Waals surface area (Å²) in [6.07, 6.45) is 7.38. The molecular formula is C18H41NO3. The van der Waals surface area contributed by atoms with Crippen LogP contribution >= 0.6 is 0 Å². The van der Waals surface area contributed by atoms with Gasteiger partial charge in [0.25, 0.3) is 0 Å². The molecule has 136 valence electrons. The molecular weight excluding hydrogens is 278 g/mol. The van der Waals surface area contributed by atoms with E-state index >= 15 is 0 Å². The van der Waals surface area contributed by atoms with E-state index in [1.54, 1.807) is 0 Å². The van der Waals surface area contributed by atoms with Gasteiger partial charge in [-0.05, 0) is 38.3 Å². The summed E-state index contributed by atoms with van der Waals surface area (Å²) in [6, 6.07) is 0. The fraction of sp³-hybridized carbons (Fsp3) is 1.00. The first-order chi connectivity index (χ1) is 10.7. The largest absolute Gasteiger partial charge is 0.396 e. The summed E-state index contributed by atoms with van der Waals surface area (Å²) in [5.74, 6) is 0.560. The van der Waals surface area contributed by atoms with Crippen LogP contribution in [-0.2, 0) is 4.74 Å². The van der Waals surface area contributed by atoms with Crippen LogP contribution in [0.4, 0.5) is 0 Å². The molecule has 0 saturated carbocycles. The molecule has 0 aromatic rings. The van der Waals surface area contributed by atoms with Gasteiger partial charge in [-0.25, -0.2) is 0 Å². The highest BCUT2D eigenvalue weighted by atomic mass is 16.5. The minimum Gasteiger partial charge on any atom is -0.396 e. The molecule has 1 aliphatic heterocycles. The van der Waals surface area contributed by atoms with Gasteiger partial charge in [0.05, 0.1) is 6.61 Å². The predicted molar refractivity (Wildman–Crippen MR) is 95.3 cm³/mol. The minimum atomic E-state index is 0.279. The third-order valence-electron chi connectivity index (χ3n) is 3.94. The second-order valence-electron chi connectivity index (χ2n) is 5.67. The highest BCUT2D eigenvalue weighted by Gasteiger charge is 2.01. The molecule has 0 aromatic carbocycles. The van der Waals surface area contributed by atoms with Crippen molar-refractivity contribution in [1.82, 2.24) is 4.90 Å². The van der Waals surface area contributed by atoms with Crippen LogP contribution in [-0.4, -0.2) is 61.2 Å². The summed E-state index contributed by atoms with van der Waals surface area (Å²) in [6.45, 7) is 14.1. The molecule has 2 N–H and O–H groups in total. The third kappa shape index (κ3) is 17.9.